The molecule has 1 aliphatic heterocycles. The quantitative estimate of drug-likeness (QED) is 0.861. The number of fused-ring (bicyclic) bond motifs is 1. The van der Waals surface area contributed by atoms with Crippen LogP contribution in [-0.4, -0.2) is 36.7 Å². The molecule has 0 aromatic heterocycles. The Morgan fingerprint density at radius 3 is 2.54 bits per heavy atom. The normalized spacial score (nSPS) is 22.7. The maximum Gasteiger partial charge on any atom is 0.307 e. The first-order valence-electron chi connectivity index (χ1n) is 8.54. The summed E-state index contributed by atoms with van der Waals surface area (Å²) >= 11 is 0. The number of aliphatic carboxylic acids is 1. The van der Waals surface area contributed by atoms with Crippen LogP contribution in [0.15, 0.2) is 18.2 Å². The Bertz CT molecular complexity index is 615. The van der Waals surface area contributed by atoms with Crippen molar-refractivity contribution in [3.63, 3.8) is 0 Å². The van der Waals surface area contributed by atoms with Crippen molar-refractivity contribution < 1.29 is 24.2 Å². The van der Waals surface area contributed by atoms with Gasteiger partial charge in [0.1, 0.15) is 13.2 Å². The number of carbonyl (C=O) groups excluding carboxylic acids is 1. The molecule has 1 aromatic carbocycles. The number of carboxylic acid groups (broad SMARTS) is 1. The van der Waals surface area contributed by atoms with Crippen LogP contribution in [0, 0.1) is 11.8 Å². The van der Waals surface area contributed by atoms with E-state index < -0.39 is 17.8 Å². The highest BCUT2D eigenvalue weighted by molar-refractivity contribution is 5.84. The molecule has 6 nitrogen and oxygen atoms in total. The van der Waals surface area contributed by atoms with Gasteiger partial charge in [0.15, 0.2) is 11.5 Å². The van der Waals surface area contributed by atoms with E-state index in [0.717, 1.165) is 29.9 Å². The van der Waals surface area contributed by atoms with Gasteiger partial charge in [-0.1, -0.05) is 18.9 Å². The highest BCUT2D eigenvalue weighted by Crippen LogP contribution is 2.31. The molecule has 0 bridgehead atoms. The zero-order valence-electron chi connectivity index (χ0n) is 13.6. The summed E-state index contributed by atoms with van der Waals surface area (Å²) in [6.45, 7) is 1.60. The molecular weight excluding hydrogens is 310 g/mol. The van der Waals surface area contributed by atoms with Gasteiger partial charge in [0.2, 0.25) is 5.91 Å². The molecule has 24 heavy (non-hydrogen) atoms. The van der Waals surface area contributed by atoms with Crippen LogP contribution in [0.25, 0.3) is 0 Å². The third-order valence-electron chi connectivity index (χ3n) is 4.74. The van der Waals surface area contributed by atoms with Crippen LogP contribution < -0.4 is 14.8 Å². The van der Waals surface area contributed by atoms with Crippen LogP contribution in [0.2, 0.25) is 0 Å². The Balaban J connectivity index is 1.52. The largest absolute Gasteiger partial charge is 0.486 e. The number of ether oxygens (including phenoxy) is 2. The Morgan fingerprint density at radius 2 is 1.79 bits per heavy atom. The number of hydrogen-bond acceptors (Lipinski definition) is 4. The molecule has 0 saturated heterocycles. The molecule has 6 heteroatoms. The zero-order valence-corrected chi connectivity index (χ0v) is 13.6. The molecule has 2 aliphatic rings. The molecule has 130 valence electrons. The first-order valence-corrected chi connectivity index (χ1v) is 8.54. The average molecular weight is 333 g/mol. The first kappa shape index (κ1) is 16.6. The van der Waals surface area contributed by atoms with Crippen molar-refractivity contribution in [2.45, 2.75) is 32.1 Å². The number of benzene rings is 1. The summed E-state index contributed by atoms with van der Waals surface area (Å²) in [4.78, 5) is 23.6. The van der Waals surface area contributed by atoms with Crippen LogP contribution in [0.1, 0.15) is 31.2 Å². The molecule has 2 N–H and O–H groups in total. The van der Waals surface area contributed by atoms with E-state index in [2.05, 4.69) is 5.32 Å². The molecule has 1 aliphatic carbocycles. The second kappa shape index (κ2) is 7.55. The molecule has 3 rings (SSSR count). The van der Waals surface area contributed by atoms with E-state index in [0.29, 0.717) is 39.0 Å². The maximum absolute atomic E-state index is 12.3. The van der Waals surface area contributed by atoms with Crippen molar-refractivity contribution in [1.29, 1.82) is 0 Å². The predicted molar refractivity (Wildman–Crippen MR) is 87.2 cm³/mol. The summed E-state index contributed by atoms with van der Waals surface area (Å²) in [7, 11) is 0. The molecule has 1 fully saturated rings. The first-order chi connectivity index (χ1) is 11.6. The summed E-state index contributed by atoms with van der Waals surface area (Å²) in [6, 6.07) is 5.77. The van der Waals surface area contributed by atoms with Gasteiger partial charge in [-0.15, -0.1) is 0 Å². The fourth-order valence-electron chi connectivity index (χ4n) is 3.44. The molecule has 0 radical (unpaired) electrons. The van der Waals surface area contributed by atoms with Crippen molar-refractivity contribution in [3.8, 4) is 11.5 Å². The van der Waals surface area contributed by atoms with Gasteiger partial charge in [-0.25, -0.2) is 0 Å². The maximum atomic E-state index is 12.3. The third-order valence-corrected chi connectivity index (χ3v) is 4.74. The number of carboxylic acids is 1. The van der Waals surface area contributed by atoms with E-state index in [9.17, 15) is 14.7 Å². The minimum absolute atomic E-state index is 0.139. The Morgan fingerprint density at radius 1 is 1.08 bits per heavy atom. The van der Waals surface area contributed by atoms with Gasteiger partial charge in [-0.05, 0) is 37.0 Å². The lowest BCUT2D eigenvalue weighted by Gasteiger charge is -2.27. The lowest BCUT2D eigenvalue weighted by atomic mass is 9.78. The van der Waals surface area contributed by atoms with Gasteiger partial charge in [0, 0.05) is 6.54 Å². The molecule has 1 aromatic rings. The monoisotopic (exact) mass is 333 g/mol. The van der Waals surface area contributed by atoms with Gasteiger partial charge >= 0.3 is 5.97 Å². The van der Waals surface area contributed by atoms with E-state index in [1.807, 2.05) is 18.2 Å². The average Bonchev–Trinajstić information content (AvgIpc) is 2.61. The van der Waals surface area contributed by atoms with E-state index in [1.54, 1.807) is 0 Å². The lowest BCUT2D eigenvalue weighted by Crippen LogP contribution is -2.40. The molecule has 1 heterocycles. The SMILES string of the molecule is O=C(O)C1CCCCC1C(=O)NCCc1ccc2c(c1)OCCO2. The standard InChI is InChI=1S/C18H23NO5/c20-17(13-3-1-2-4-14(13)18(21)22)19-8-7-12-5-6-15-16(11-12)24-10-9-23-15/h5-6,11,13-14H,1-4,7-10H2,(H,19,20)(H,21,22). The van der Waals surface area contributed by atoms with E-state index in [1.165, 1.54) is 0 Å². The van der Waals surface area contributed by atoms with Gasteiger partial charge in [-0.2, -0.15) is 0 Å². The van der Waals surface area contributed by atoms with Crippen LogP contribution in [0.5, 0.6) is 11.5 Å². The number of amides is 1. The lowest BCUT2D eigenvalue weighted by molar-refractivity contribution is -0.148. The minimum atomic E-state index is -0.860. The van der Waals surface area contributed by atoms with Gasteiger partial charge in [-0.3, -0.25) is 9.59 Å². The smallest absolute Gasteiger partial charge is 0.307 e. The Kier molecular flexibility index (Phi) is 5.23. The fourth-order valence-corrected chi connectivity index (χ4v) is 3.44. The summed E-state index contributed by atoms with van der Waals surface area (Å²) < 4.78 is 11.0. The second-order valence-corrected chi connectivity index (χ2v) is 6.35. The third kappa shape index (κ3) is 3.80. The Hall–Kier alpha value is -2.24. The van der Waals surface area contributed by atoms with E-state index in [-0.39, 0.29) is 5.91 Å². The minimum Gasteiger partial charge on any atom is -0.486 e. The van der Waals surface area contributed by atoms with Gasteiger partial charge in [0.25, 0.3) is 0 Å². The van der Waals surface area contributed by atoms with E-state index in [4.69, 9.17) is 9.47 Å². The van der Waals surface area contributed by atoms with Crippen molar-refractivity contribution in [1.82, 2.24) is 5.32 Å². The van der Waals surface area contributed by atoms with Crippen LogP contribution in [0.4, 0.5) is 0 Å². The van der Waals surface area contributed by atoms with Gasteiger partial charge < -0.3 is 19.9 Å². The highest BCUT2D eigenvalue weighted by Gasteiger charge is 2.35. The molecular formula is C18H23NO5. The second-order valence-electron chi connectivity index (χ2n) is 6.35. The van der Waals surface area contributed by atoms with Crippen molar-refractivity contribution in [2.75, 3.05) is 19.8 Å². The number of carbonyl (C=O) groups is 2. The molecule has 1 amide bonds. The number of nitrogens with one attached hydrogen (secondary N) is 1. The van der Waals surface area contributed by atoms with Crippen molar-refractivity contribution in [3.05, 3.63) is 23.8 Å². The predicted octanol–water partition coefficient (Wildman–Crippen LogP) is 2.01. The summed E-state index contributed by atoms with van der Waals surface area (Å²) in [5, 5.41) is 12.2. The van der Waals surface area contributed by atoms with Crippen LogP contribution in [0.3, 0.4) is 0 Å². The Labute approximate surface area is 141 Å². The van der Waals surface area contributed by atoms with E-state index >= 15 is 0 Å². The number of rotatable bonds is 5. The summed E-state index contributed by atoms with van der Waals surface area (Å²) in [6.07, 6.45) is 3.73. The molecule has 2 atom stereocenters. The van der Waals surface area contributed by atoms with Crippen molar-refractivity contribution in [2.24, 2.45) is 11.8 Å². The van der Waals surface area contributed by atoms with Crippen LogP contribution >= 0.6 is 0 Å². The highest BCUT2D eigenvalue weighted by atomic mass is 16.6. The van der Waals surface area contributed by atoms with Crippen molar-refractivity contribution >= 4 is 11.9 Å². The molecule has 2 unspecified atom stereocenters. The van der Waals surface area contributed by atoms with Gasteiger partial charge in [0.05, 0.1) is 11.8 Å². The number of hydrogen-bond donors (Lipinski definition) is 2. The fraction of sp³-hybridized carbons (Fsp3) is 0.556. The molecule has 0 spiro atoms. The summed E-state index contributed by atoms with van der Waals surface area (Å²) in [5.41, 5.74) is 1.05. The molecule has 1 saturated carbocycles. The van der Waals surface area contributed by atoms with Crippen LogP contribution in [-0.2, 0) is 16.0 Å². The topological polar surface area (TPSA) is 84.9 Å². The summed E-state index contributed by atoms with van der Waals surface area (Å²) in [5.74, 6) is -0.463. The zero-order chi connectivity index (χ0) is 16.9.